The van der Waals surface area contributed by atoms with Crippen LogP contribution in [-0.2, 0) is 22.6 Å². The minimum absolute atomic E-state index is 0.0779. The molecule has 0 radical (unpaired) electrons. The second-order valence-electron chi connectivity index (χ2n) is 6.55. The monoisotopic (exact) mass is 368 g/mol. The number of nitrogens with zero attached hydrogens (tertiary/aromatic N) is 1. The molecule has 0 unspecified atom stereocenters. The Morgan fingerprint density at radius 1 is 1.15 bits per heavy atom. The third kappa shape index (κ3) is 5.58. The van der Waals surface area contributed by atoms with Gasteiger partial charge in [-0.15, -0.1) is 0 Å². The predicted molar refractivity (Wildman–Crippen MR) is 107 cm³/mol. The molecule has 1 N–H and O–H groups in total. The van der Waals surface area contributed by atoms with Gasteiger partial charge >= 0.3 is 0 Å². The van der Waals surface area contributed by atoms with Crippen LogP contribution in [0, 0.1) is 6.92 Å². The molecule has 0 bridgehead atoms. The van der Waals surface area contributed by atoms with E-state index in [0.29, 0.717) is 13.1 Å². The molecule has 0 fully saturated rings. The summed E-state index contributed by atoms with van der Waals surface area (Å²) in [5, 5.41) is 2.81. The van der Waals surface area contributed by atoms with E-state index in [4.69, 9.17) is 4.74 Å². The van der Waals surface area contributed by atoms with Crippen molar-refractivity contribution >= 4 is 11.8 Å². The molecule has 2 rings (SSSR count). The molecule has 1 atom stereocenters. The molecule has 5 heteroatoms. The fourth-order valence-electron chi connectivity index (χ4n) is 2.94. The van der Waals surface area contributed by atoms with Crippen molar-refractivity contribution in [3.05, 3.63) is 65.2 Å². The zero-order chi connectivity index (χ0) is 19.8. The molecule has 0 aromatic heterocycles. The fraction of sp³-hybridized carbons (Fsp3) is 0.364. The Labute approximate surface area is 161 Å². The number of rotatable bonds is 8. The lowest BCUT2D eigenvalue weighted by atomic mass is 10.0. The number of hydrogen-bond donors (Lipinski definition) is 1. The lowest BCUT2D eigenvalue weighted by Crippen LogP contribution is -2.48. The zero-order valence-corrected chi connectivity index (χ0v) is 16.5. The molecule has 2 aromatic rings. The smallest absolute Gasteiger partial charge is 0.242 e. The third-order valence-corrected chi connectivity index (χ3v) is 4.61. The van der Waals surface area contributed by atoms with Crippen molar-refractivity contribution in [2.45, 2.75) is 39.8 Å². The number of benzene rings is 2. The average Bonchev–Trinajstić information content (AvgIpc) is 2.67. The quantitative estimate of drug-likeness (QED) is 0.779. The van der Waals surface area contributed by atoms with Gasteiger partial charge < -0.3 is 15.0 Å². The standard InChI is InChI=1S/C22H28N2O3/c1-5-23-22(26)17(3)24(15-18-10-8-12-20(13-18)27-4)21(25)14-19-11-7-6-9-16(19)2/h6-13,17H,5,14-15H2,1-4H3,(H,23,26)/t17-/m0/s1. The maximum atomic E-state index is 13.1. The highest BCUT2D eigenvalue weighted by Gasteiger charge is 2.26. The van der Waals surface area contributed by atoms with E-state index >= 15 is 0 Å². The minimum atomic E-state index is -0.562. The molecule has 0 aliphatic carbocycles. The highest BCUT2D eigenvalue weighted by molar-refractivity contribution is 5.88. The van der Waals surface area contributed by atoms with Gasteiger partial charge in [0.05, 0.1) is 13.5 Å². The van der Waals surface area contributed by atoms with Crippen LogP contribution in [-0.4, -0.2) is 36.4 Å². The van der Waals surface area contributed by atoms with Gasteiger partial charge in [-0.05, 0) is 49.6 Å². The minimum Gasteiger partial charge on any atom is -0.497 e. The van der Waals surface area contributed by atoms with Gasteiger partial charge in [0.2, 0.25) is 11.8 Å². The van der Waals surface area contributed by atoms with Gasteiger partial charge in [-0.1, -0.05) is 36.4 Å². The highest BCUT2D eigenvalue weighted by Crippen LogP contribution is 2.18. The number of aryl methyl sites for hydroxylation is 1. The van der Waals surface area contributed by atoms with Crippen molar-refractivity contribution < 1.29 is 14.3 Å². The molecule has 144 valence electrons. The Balaban J connectivity index is 2.26. The number of likely N-dealkylation sites (N-methyl/N-ethyl adjacent to an activating group) is 1. The van der Waals surface area contributed by atoms with Gasteiger partial charge in [0.1, 0.15) is 11.8 Å². The summed E-state index contributed by atoms with van der Waals surface area (Å²) >= 11 is 0. The first kappa shape index (κ1) is 20.5. The topological polar surface area (TPSA) is 58.6 Å². The second-order valence-corrected chi connectivity index (χ2v) is 6.55. The van der Waals surface area contributed by atoms with Gasteiger partial charge in [0, 0.05) is 13.1 Å². The van der Waals surface area contributed by atoms with E-state index in [1.54, 1.807) is 18.9 Å². The van der Waals surface area contributed by atoms with E-state index in [1.165, 1.54) is 0 Å². The maximum Gasteiger partial charge on any atom is 0.242 e. The van der Waals surface area contributed by atoms with Crippen LogP contribution in [0.25, 0.3) is 0 Å². The largest absolute Gasteiger partial charge is 0.497 e. The first-order chi connectivity index (χ1) is 13.0. The molecule has 0 saturated heterocycles. The number of hydrogen-bond acceptors (Lipinski definition) is 3. The Bertz CT molecular complexity index is 789. The Morgan fingerprint density at radius 2 is 1.89 bits per heavy atom. The van der Waals surface area contributed by atoms with E-state index < -0.39 is 6.04 Å². The lowest BCUT2D eigenvalue weighted by Gasteiger charge is -2.29. The van der Waals surface area contributed by atoms with E-state index in [2.05, 4.69) is 5.32 Å². The average molecular weight is 368 g/mol. The Kier molecular flexibility index (Phi) is 7.41. The van der Waals surface area contributed by atoms with Crippen LogP contribution in [0.4, 0.5) is 0 Å². The number of nitrogens with one attached hydrogen (secondary N) is 1. The number of carbonyl (C=O) groups excluding carboxylic acids is 2. The third-order valence-electron chi connectivity index (χ3n) is 4.61. The van der Waals surface area contributed by atoms with Crippen molar-refractivity contribution in [1.82, 2.24) is 10.2 Å². The van der Waals surface area contributed by atoms with Gasteiger partial charge in [-0.3, -0.25) is 9.59 Å². The van der Waals surface area contributed by atoms with Crippen molar-refractivity contribution in [2.24, 2.45) is 0 Å². The summed E-state index contributed by atoms with van der Waals surface area (Å²) in [6.45, 7) is 6.50. The lowest BCUT2D eigenvalue weighted by molar-refractivity contribution is -0.140. The molecular formula is C22H28N2O3. The second kappa shape index (κ2) is 9.76. The first-order valence-electron chi connectivity index (χ1n) is 9.20. The van der Waals surface area contributed by atoms with E-state index in [0.717, 1.165) is 22.4 Å². The molecule has 0 aliphatic rings. The van der Waals surface area contributed by atoms with Crippen LogP contribution in [0.1, 0.15) is 30.5 Å². The molecule has 27 heavy (non-hydrogen) atoms. The molecule has 5 nitrogen and oxygen atoms in total. The van der Waals surface area contributed by atoms with Crippen LogP contribution in [0.15, 0.2) is 48.5 Å². The number of carbonyl (C=O) groups is 2. The SMILES string of the molecule is CCNC(=O)[C@H](C)N(Cc1cccc(OC)c1)C(=O)Cc1ccccc1C. The van der Waals surface area contributed by atoms with Gasteiger partial charge in [0.15, 0.2) is 0 Å². The zero-order valence-electron chi connectivity index (χ0n) is 16.5. The molecule has 0 heterocycles. The van der Waals surface area contributed by atoms with Crippen LogP contribution < -0.4 is 10.1 Å². The first-order valence-corrected chi connectivity index (χ1v) is 9.20. The number of methoxy groups -OCH3 is 1. The van der Waals surface area contributed by atoms with Crippen molar-refractivity contribution in [2.75, 3.05) is 13.7 Å². The fourth-order valence-corrected chi connectivity index (χ4v) is 2.94. The van der Waals surface area contributed by atoms with Crippen molar-refractivity contribution in [3.8, 4) is 5.75 Å². The van der Waals surface area contributed by atoms with Crippen molar-refractivity contribution in [3.63, 3.8) is 0 Å². The predicted octanol–water partition coefficient (Wildman–Crippen LogP) is 3.10. The molecule has 0 aliphatic heterocycles. The number of ether oxygens (including phenoxy) is 1. The number of amides is 2. The van der Waals surface area contributed by atoms with Gasteiger partial charge in [-0.25, -0.2) is 0 Å². The molecule has 2 aromatic carbocycles. The highest BCUT2D eigenvalue weighted by atomic mass is 16.5. The summed E-state index contributed by atoms with van der Waals surface area (Å²) in [5.74, 6) is 0.494. The summed E-state index contributed by atoms with van der Waals surface area (Å²) in [4.78, 5) is 27.1. The normalized spacial score (nSPS) is 11.6. The van der Waals surface area contributed by atoms with E-state index in [-0.39, 0.29) is 18.2 Å². The Morgan fingerprint density at radius 3 is 2.56 bits per heavy atom. The molecule has 0 spiro atoms. The van der Waals surface area contributed by atoms with E-state index in [9.17, 15) is 9.59 Å². The van der Waals surface area contributed by atoms with Crippen LogP contribution in [0.2, 0.25) is 0 Å². The van der Waals surface area contributed by atoms with Crippen molar-refractivity contribution in [1.29, 1.82) is 0 Å². The summed E-state index contributed by atoms with van der Waals surface area (Å²) in [6.07, 6.45) is 0.264. The summed E-state index contributed by atoms with van der Waals surface area (Å²) in [7, 11) is 1.61. The summed E-state index contributed by atoms with van der Waals surface area (Å²) in [6, 6.07) is 14.8. The summed E-state index contributed by atoms with van der Waals surface area (Å²) in [5.41, 5.74) is 2.96. The maximum absolute atomic E-state index is 13.1. The van der Waals surface area contributed by atoms with E-state index in [1.807, 2.05) is 62.4 Å². The van der Waals surface area contributed by atoms with Gasteiger partial charge in [-0.2, -0.15) is 0 Å². The molecular weight excluding hydrogens is 340 g/mol. The Hall–Kier alpha value is -2.82. The van der Waals surface area contributed by atoms with Crippen LogP contribution >= 0.6 is 0 Å². The molecule has 2 amide bonds. The summed E-state index contributed by atoms with van der Waals surface area (Å²) < 4.78 is 5.27. The van der Waals surface area contributed by atoms with Gasteiger partial charge in [0.25, 0.3) is 0 Å². The molecule has 0 saturated carbocycles. The van der Waals surface area contributed by atoms with Crippen LogP contribution in [0.5, 0.6) is 5.75 Å². The van der Waals surface area contributed by atoms with Crippen LogP contribution in [0.3, 0.4) is 0 Å².